The second-order valence-corrected chi connectivity index (χ2v) is 5.70. The topological polar surface area (TPSA) is 24.9 Å². The quantitative estimate of drug-likeness (QED) is 0.701. The number of benzene rings is 1. The zero-order chi connectivity index (χ0) is 13.3. The molecule has 0 radical (unpaired) electrons. The van der Waals surface area contributed by atoms with Gasteiger partial charge in [0.05, 0.1) is 5.52 Å². The van der Waals surface area contributed by atoms with E-state index in [0.717, 1.165) is 13.4 Å². The van der Waals surface area contributed by atoms with Crippen LogP contribution in [0, 0.1) is 3.57 Å². The van der Waals surface area contributed by atoms with Gasteiger partial charge in [-0.05, 0) is 47.7 Å². The summed E-state index contributed by atoms with van der Waals surface area (Å²) in [6.07, 6.45) is -2.57. The highest BCUT2D eigenvalue weighted by Gasteiger charge is 2.16. The number of pyridine rings is 1. The number of alkyl halides is 2. The maximum atomic E-state index is 12.8. The minimum absolute atomic E-state index is 0.200. The lowest BCUT2D eigenvalue weighted by atomic mass is 10.1. The molecule has 1 heterocycles. The Labute approximate surface area is 125 Å². The highest BCUT2D eigenvalue weighted by atomic mass is 127. The van der Waals surface area contributed by atoms with Crippen molar-refractivity contribution in [2.45, 2.75) is 13.3 Å². The van der Waals surface area contributed by atoms with E-state index in [2.05, 4.69) is 48.8 Å². The molecule has 0 bridgehead atoms. The van der Waals surface area contributed by atoms with E-state index in [1.54, 1.807) is 0 Å². The first-order valence-corrected chi connectivity index (χ1v) is 7.22. The molecule has 0 atom stereocenters. The average molecular weight is 427 g/mol. The zero-order valence-corrected chi connectivity index (χ0v) is 13.2. The Morgan fingerprint density at radius 1 is 1.44 bits per heavy atom. The van der Waals surface area contributed by atoms with E-state index in [-0.39, 0.29) is 5.69 Å². The van der Waals surface area contributed by atoms with Gasteiger partial charge in [-0.15, -0.1) is 0 Å². The largest absolute Gasteiger partial charge is 0.385 e. The third-order valence-corrected chi connectivity index (χ3v) is 4.00. The fraction of sp³-hybridized carbons (Fsp3) is 0.250. The first-order valence-electron chi connectivity index (χ1n) is 5.35. The van der Waals surface area contributed by atoms with Gasteiger partial charge in [-0.2, -0.15) is 0 Å². The summed E-state index contributed by atoms with van der Waals surface area (Å²) in [7, 11) is 0. The van der Waals surface area contributed by atoms with Gasteiger partial charge in [0.25, 0.3) is 6.43 Å². The van der Waals surface area contributed by atoms with Gasteiger partial charge >= 0.3 is 0 Å². The van der Waals surface area contributed by atoms with Crippen LogP contribution in [0.4, 0.5) is 14.5 Å². The van der Waals surface area contributed by atoms with Crippen molar-refractivity contribution >= 4 is 55.1 Å². The van der Waals surface area contributed by atoms with Gasteiger partial charge in [0, 0.05) is 25.7 Å². The predicted molar refractivity (Wildman–Crippen MR) is 81.3 cm³/mol. The third-order valence-electron chi connectivity index (χ3n) is 2.47. The standard InChI is InChI=1S/C12H10BrF2IN2/c1-2-17-8-5-9(12(14)15)18-11-7(16)4-3-6(13)10(8)11/h3-5,12H,2H2,1H3,(H,17,18). The van der Waals surface area contributed by atoms with Crippen LogP contribution in [0.3, 0.4) is 0 Å². The van der Waals surface area contributed by atoms with Crippen LogP contribution < -0.4 is 5.32 Å². The summed E-state index contributed by atoms with van der Waals surface area (Å²) in [5.74, 6) is 0. The molecule has 1 aromatic carbocycles. The number of nitrogens with one attached hydrogen (secondary N) is 1. The summed E-state index contributed by atoms with van der Waals surface area (Å²) >= 11 is 5.55. The molecule has 0 saturated carbocycles. The van der Waals surface area contributed by atoms with Crippen LogP contribution in [0.5, 0.6) is 0 Å². The minimum Gasteiger partial charge on any atom is -0.385 e. The molecule has 0 unspecified atom stereocenters. The Hall–Kier alpha value is -0.500. The Balaban J connectivity index is 2.80. The number of halogens is 4. The van der Waals surface area contributed by atoms with Crippen molar-refractivity contribution < 1.29 is 8.78 Å². The van der Waals surface area contributed by atoms with Crippen LogP contribution in [0.15, 0.2) is 22.7 Å². The monoisotopic (exact) mass is 426 g/mol. The number of fused-ring (bicyclic) bond motifs is 1. The van der Waals surface area contributed by atoms with E-state index in [4.69, 9.17) is 0 Å². The molecule has 2 nitrogen and oxygen atoms in total. The van der Waals surface area contributed by atoms with E-state index in [1.165, 1.54) is 6.07 Å². The molecule has 0 saturated heterocycles. The summed E-state index contributed by atoms with van der Waals surface area (Å²) < 4.78 is 27.4. The Morgan fingerprint density at radius 2 is 2.17 bits per heavy atom. The minimum atomic E-state index is -2.57. The van der Waals surface area contributed by atoms with E-state index >= 15 is 0 Å². The van der Waals surface area contributed by atoms with E-state index < -0.39 is 6.43 Å². The molecule has 0 aliphatic heterocycles. The molecule has 1 aromatic heterocycles. The smallest absolute Gasteiger partial charge is 0.280 e. The van der Waals surface area contributed by atoms with Gasteiger partial charge in [-0.3, -0.25) is 0 Å². The maximum absolute atomic E-state index is 12.8. The molecule has 0 aliphatic rings. The van der Waals surface area contributed by atoms with Crippen molar-refractivity contribution in [2.75, 3.05) is 11.9 Å². The summed E-state index contributed by atoms with van der Waals surface area (Å²) in [4.78, 5) is 4.05. The van der Waals surface area contributed by atoms with E-state index in [1.807, 2.05) is 19.1 Å². The molecule has 0 amide bonds. The third kappa shape index (κ3) is 2.59. The molecule has 2 rings (SSSR count). The maximum Gasteiger partial charge on any atom is 0.280 e. The average Bonchev–Trinajstić information content (AvgIpc) is 2.33. The number of aromatic nitrogens is 1. The summed E-state index contributed by atoms with van der Waals surface area (Å²) in [5, 5.41) is 3.95. The SMILES string of the molecule is CCNc1cc(C(F)F)nc2c(I)ccc(Br)c12. The molecule has 6 heteroatoms. The number of rotatable bonds is 3. The molecule has 96 valence electrons. The lowest BCUT2D eigenvalue weighted by Gasteiger charge is -2.12. The first kappa shape index (κ1) is 13.9. The Bertz CT molecular complexity index is 590. The molecular weight excluding hydrogens is 417 g/mol. The van der Waals surface area contributed by atoms with Crippen molar-refractivity contribution in [3.63, 3.8) is 0 Å². The van der Waals surface area contributed by atoms with Crippen molar-refractivity contribution in [3.8, 4) is 0 Å². The van der Waals surface area contributed by atoms with Crippen LogP contribution in [0.1, 0.15) is 19.0 Å². The van der Waals surface area contributed by atoms with Crippen molar-refractivity contribution in [2.24, 2.45) is 0 Å². The van der Waals surface area contributed by atoms with Crippen LogP contribution >= 0.6 is 38.5 Å². The predicted octanol–water partition coefficient (Wildman–Crippen LogP) is 4.97. The lowest BCUT2D eigenvalue weighted by Crippen LogP contribution is -2.02. The van der Waals surface area contributed by atoms with Gasteiger partial charge in [-0.25, -0.2) is 13.8 Å². The second-order valence-electron chi connectivity index (χ2n) is 3.68. The van der Waals surface area contributed by atoms with Crippen LogP contribution in [-0.4, -0.2) is 11.5 Å². The Kier molecular flexibility index (Phi) is 4.37. The molecule has 0 fully saturated rings. The summed E-state index contributed by atoms with van der Waals surface area (Å²) in [6, 6.07) is 5.16. The van der Waals surface area contributed by atoms with Gasteiger partial charge in [-0.1, -0.05) is 15.9 Å². The molecule has 0 spiro atoms. The lowest BCUT2D eigenvalue weighted by molar-refractivity contribution is 0.146. The summed E-state index contributed by atoms with van der Waals surface area (Å²) in [5.41, 5.74) is 1.08. The highest BCUT2D eigenvalue weighted by molar-refractivity contribution is 14.1. The van der Waals surface area contributed by atoms with Crippen molar-refractivity contribution in [3.05, 3.63) is 31.9 Å². The van der Waals surface area contributed by atoms with Crippen molar-refractivity contribution in [1.82, 2.24) is 4.98 Å². The van der Waals surface area contributed by atoms with E-state index in [0.29, 0.717) is 17.7 Å². The van der Waals surface area contributed by atoms with E-state index in [9.17, 15) is 8.78 Å². The number of hydrogen-bond donors (Lipinski definition) is 1. The number of hydrogen-bond acceptors (Lipinski definition) is 2. The highest BCUT2D eigenvalue weighted by Crippen LogP contribution is 2.35. The van der Waals surface area contributed by atoms with Gasteiger partial charge in [0.2, 0.25) is 0 Å². The fourth-order valence-corrected chi connectivity index (χ4v) is 2.83. The molecule has 2 aromatic rings. The number of anilines is 1. The summed E-state index contributed by atoms with van der Waals surface area (Å²) in [6.45, 7) is 2.59. The number of nitrogens with zero attached hydrogens (tertiary/aromatic N) is 1. The fourth-order valence-electron chi connectivity index (χ4n) is 1.73. The first-order chi connectivity index (χ1) is 8.54. The molecule has 18 heavy (non-hydrogen) atoms. The normalized spacial score (nSPS) is 11.2. The van der Waals surface area contributed by atoms with Crippen LogP contribution in [0.2, 0.25) is 0 Å². The van der Waals surface area contributed by atoms with Gasteiger partial charge < -0.3 is 5.32 Å². The van der Waals surface area contributed by atoms with Crippen molar-refractivity contribution in [1.29, 1.82) is 0 Å². The molecule has 1 N–H and O–H groups in total. The Morgan fingerprint density at radius 3 is 2.78 bits per heavy atom. The van der Waals surface area contributed by atoms with Gasteiger partial charge in [0.1, 0.15) is 5.69 Å². The van der Waals surface area contributed by atoms with Crippen LogP contribution in [-0.2, 0) is 0 Å². The molecular formula is C12H10BrF2IN2. The molecule has 0 aliphatic carbocycles. The van der Waals surface area contributed by atoms with Crippen LogP contribution in [0.25, 0.3) is 10.9 Å². The second kappa shape index (κ2) is 5.64. The zero-order valence-electron chi connectivity index (χ0n) is 9.48. The van der Waals surface area contributed by atoms with Gasteiger partial charge in [0.15, 0.2) is 0 Å².